The maximum Gasteiger partial charge on any atom is 0.230 e. The lowest BCUT2D eigenvalue weighted by Gasteiger charge is -2.32. The zero-order valence-electron chi connectivity index (χ0n) is 12.3. The van der Waals surface area contributed by atoms with Crippen molar-refractivity contribution in [1.82, 2.24) is 0 Å². The molecule has 0 radical (unpaired) electrons. The van der Waals surface area contributed by atoms with E-state index in [1.807, 2.05) is 18.2 Å². The summed E-state index contributed by atoms with van der Waals surface area (Å²) in [5, 5.41) is 5.42. The molecule has 3 rings (SSSR count). The molecule has 2 aromatic rings. The van der Waals surface area contributed by atoms with Crippen LogP contribution in [0.1, 0.15) is 39.0 Å². The molecular weight excluding hydrogens is 326 g/mol. The topological polar surface area (TPSA) is 29.1 Å². The summed E-state index contributed by atoms with van der Waals surface area (Å²) < 4.78 is 1.07. The average molecular weight is 346 g/mol. The molecule has 21 heavy (non-hydrogen) atoms. The smallest absolute Gasteiger partial charge is 0.230 e. The van der Waals surface area contributed by atoms with E-state index in [1.54, 1.807) is 0 Å². The zero-order valence-corrected chi connectivity index (χ0v) is 13.9. The van der Waals surface area contributed by atoms with E-state index in [4.69, 9.17) is 0 Å². The first-order valence-corrected chi connectivity index (χ1v) is 8.37. The molecule has 0 bridgehead atoms. The Kier molecular flexibility index (Phi) is 4.03. The number of rotatable bonds is 2. The van der Waals surface area contributed by atoms with Crippen molar-refractivity contribution < 1.29 is 4.79 Å². The van der Waals surface area contributed by atoms with E-state index in [1.165, 1.54) is 11.8 Å². The standard InChI is InChI=1S/C18H20BrNO/c1-18(9-3-2-4-10-18)17(21)20-16-8-6-13-11-15(19)7-5-14(13)12-16/h5-8,11-12H,2-4,9-10H2,1H3,(H,20,21). The molecule has 1 fully saturated rings. The fourth-order valence-corrected chi connectivity index (χ4v) is 3.51. The lowest BCUT2D eigenvalue weighted by atomic mass is 9.75. The van der Waals surface area contributed by atoms with E-state index in [0.29, 0.717) is 0 Å². The summed E-state index contributed by atoms with van der Waals surface area (Å²) in [6.45, 7) is 2.10. The molecule has 0 spiro atoms. The van der Waals surface area contributed by atoms with E-state index < -0.39 is 0 Å². The number of carbonyl (C=O) groups excluding carboxylic acids is 1. The van der Waals surface area contributed by atoms with Crippen LogP contribution in [0.3, 0.4) is 0 Å². The molecule has 0 saturated heterocycles. The number of benzene rings is 2. The number of anilines is 1. The molecule has 0 aromatic heterocycles. The lowest BCUT2D eigenvalue weighted by molar-refractivity contribution is -0.126. The van der Waals surface area contributed by atoms with Gasteiger partial charge < -0.3 is 5.32 Å². The van der Waals surface area contributed by atoms with Gasteiger partial charge in [-0.05, 0) is 47.9 Å². The van der Waals surface area contributed by atoms with Gasteiger partial charge in [-0.3, -0.25) is 4.79 Å². The molecule has 2 nitrogen and oxygen atoms in total. The Morgan fingerprint density at radius 2 is 1.71 bits per heavy atom. The van der Waals surface area contributed by atoms with Crippen molar-refractivity contribution >= 4 is 38.3 Å². The van der Waals surface area contributed by atoms with Gasteiger partial charge >= 0.3 is 0 Å². The number of hydrogen-bond donors (Lipinski definition) is 1. The van der Waals surface area contributed by atoms with Crippen LogP contribution in [0.25, 0.3) is 10.8 Å². The van der Waals surface area contributed by atoms with E-state index in [2.05, 4.69) is 46.4 Å². The van der Waals surface area contributed by atoms with E-state index in [-0.39, 0.29) is 11.3 Å². The van der Waals surface area contributed by atoms with Crippen molar-refractivity contribution in [2.45, 2.75) is 39.0 Å². The second kappa shape index (κ2) is 5.80. The Bertz CT molecular complexity index is 674. The van der Waals surface area contributed by atoms with Crippen molar-refractivity contribution in [3.63, 3.8) is 0 Å². The van der Waals surface area contributed by atoms with Crippen LogP contribution in [-0.2, 0) is 4.79 Å². The van der Waals surface area contributed by atoms with Gasteiger partial charge in [-0.15, -0.1) is 0 Å². The van der Waals surface area contributed by atoms with E-state index in [0.717, 1.165) is 41.2 Å². The molecule has 1 aliphatic carbocycles. The second-order valence-electron chi connectivity index (χ2n) is 6.28. The first-order chi connectivity index (χ1) is 10.1. The Hall–Kier alpha value is -1.35. The van der Waals surface area contributed by atoms with Gasteiger partial charge in [0, 0.05) is 15.6 Å². The molecule has 1 N–H and O–H groups in total. The minimum Gasteiger partial charge on any atom is -0.326 e. The van der Waals surface area contributed by atoms with Gasteiger partial charge in [-0.2, -0.15) is 0 Å². The number of fused-ring (bicyclic) bond motifs is 1. The number of carbonyl (C=O) groups is 1. The fourth-order valence-electron chi connectivity index (χ4n) is 3.14. The predicted molar refractivity (Wildman–Crippen MR) is 91.5 cm³/mol. The van der Waals surface area contributed by atoms with Crippen molar-refractivity contribution in [2.75, 3.05) is 5.32 Å². The zero-order chi connectivity index (χ0) is 14.9. The van der Waals surface area contributed by atoms with Crippen LogP contribution >= 0.6 is 15.9 Å². The lowest BCUT2D eigenvalue weighted by Crippen LogP contribution is -2.35. The molecule has 1 saturated carbocycles. The van der Waals surface area contributed by atoms with Crippen LogP contribution in [-0.4, -0.2) is 5.91 Å². The summed E-state index contributed by atoms with van der Waals surface area (Å²) in [6.07, 6.45) is 5.58. The number of hydrogen-bond acceptors (Lipinski definition) is 1. The normalized spacial score (nSPS) is 17.6. The van der Waals surface area contributed by atoms with Gasteiger partial charge in [-0.25, -0.2) is 0 Å². The fraction of sp³-hybridized carbons (Fsp3) is 0.389. The minimum atomic E-state index is -0.201. The maximum absolute atomic E-state index is 12.6. The third kappa shape index (κ3) is 3.13. The van der Waals surface area contributed by atoms with Crippen LogP contribution in [0.15, 0.2) is 40.9 Å². The van der Waals surface area contributed by atoms with Gasteiger partial charge in [0.2, 0.25) is 5.91 Å². The second-order valence-corrected chi connectivity index (χ2v) is 7.20. The number of nitrogens with one attached hydrogen (secondary N) is 1. The quantitative estimate of drug-likeness (QED) is 0.763. The molecule has 1 amide bonds. The Morgan fingerprint density at radius 3 is 2.48 bits per heavy atom. The van der Waals surface area contributed by atoms with Crippen molar-refractivity contribution in [3.05, 3.63) is 40.9 Å². The minimum absolute atomic E-state index is 0.165. The number of amides is 1. The highest BCUT2D eigenvalue weighted by atomic mass is 79.9. The first-order valence-electron chi connectivity index (χ1n) is 7.58. The van der Waals surface area contributed by atoms with Crippen molar-refractivity contribution in [3.8, 4) is 0 Å². The summed E-state index contributed by atoms with van der Waals surface area (Å²) in [5.74, 6) is 0.165. The SMILES string of the molecule is CC1(C(=O)Nc2ccc3cc(Br)ccc3c2)CCCCC1. The summed E-state index contributed by atoms with van der Waals surface area (Å²) in [6, 6.07) is 12.3. The van der Waals surface area contributed by atoms with Gasteiger partial charge in [0.15, 0.2) is 0 Å². The van der Waals surface area contributed by atoms with Crippen LogP contribution in [0.2, 0.25) is 0 Å². The van der Waals surface area contributed by atoms with E-state index in [9.17, 15) is 4.79 Å². The Balaban J connectivity index is 1.81. The molecule has 110 valence electrons. The predicted octanol–water partition coefficient (Wildman–Crippen LogP) is 5.51. The molecule has 2 aromatic carbocycles. The molecule has 0 unspecified atom stereocenters. The molecule has 3 heteroatoms. The highest BCUT2D eigenvalue weighted by Gasteiger charge is 2.34. The summed E-state index contributed by atoms with van der Waals surface area (Å²) in [7, 11) is 0. The van der Waals surface area contributed by atoms with Crippen molar-refractivity contribution in [1.29, 1.82) is 0 Å². The monoisotopic (exact) mass is 345 g/mol. The third-order valence-electron chi connectivity index (χ3n) is 4.57. The Morgan fingerprint density at radius 1 is 1.05 bits per heavy atom. The number of halogens is 1. The summed E-state index contributed by atoms with van der Waals surface area (Å²) in [4.78, 5) is 12.6. The van der Waals surface area contributed by atoms with Crippen LogP contribution in [0.5, 0.6) is 0 Å². The highest BCUT2D eigenvalue weighted by Crippen LogP contribution is 2.37. The van der Waals surface area contributed by atoms with Crippen LogP contribution in [0, 0.1) is 5.41 Å². The van der Waals surface area contributed by atoms with Gasteiger partial charge in [0.1, 0.15) is 0 Å². The van der Waals surface area contributed by atoms with Gasteiger partial charge in [0.05, 0.1) is 0 Å². The largest absolute Gasteiger partial charge is 0.326 e. The maximum atomic E-state index is 12.6. The van der Waals surface area contributed by atoms with E-state index >= 15 is 0 Å². The summed E-state index contributed by atoms with van der Waals surface area (Å²) >= 11 is 3.48. The van der Waals surface area contributed by atoms with Crippen LogP contribution in [0.4, 0.5) is 5.69 Å². The third-order valence-corrected chi connectivity index (χ3v) is 5.06. The highest BCUT2D eigenvalue weighted by molar-refractivity contribution is 9.10. The average Bonchev–Trinajstić information content (AvgIpc) is 2.48. The first kappa shape index (κ1) is 14.6. The van der Waals surface area contributed by atoms with Gasteiger partial charge in [0.25, 0.3) is 0 Å². The summed E-state index contributed by atoms with van der Waals surface area (Å²) in [5.41, 5.74) is 0.689. The molecular formula is C18H20BrNO. The Labute approximate surface area is 134 Å². The molecule has 0 atom stereocenters. The van der Waals surface area contributed by atoms with Crippen LogP contribution < -0.4 is 5.32 Å². The molecule has 1 aliphatic rings. The molecule has 0 aliphatic heterocycles. The van der Waals surface area contributed by atoms with Gasteiger partial charge in [-0.1, -0.05) is 54.2 Å². The molecule has 0 heterocycles. The van der Waals surface area contributed by atoms with Crippen molar-refractivity contribution in [2.24, 2.45) is 5.41 Å².